The van der Waals surface area contributed by atoms with Gasteiger partial charge in [-0.2, -0.15) is 0 Å². The van der Waals surface area contributed by atoms with E-state index in [0.29, 0.717) is 18.1 Å². The van der Waals surface area contributed by atoms with E-state index in [1.54, 1.807) is 37.8 Å². The van der Waals surface area contributed by atoms with Gasteiger partial charge >= 0.3 is 6.03 Å². The Balaban J connectivity index is 1.66. The average molecular weight is 275 g/mol. The number of nitrogens with one attached hydrogen (secondary N) is 3. The number of carbonyl (C=O) groups is 1. The zero-order valence-corrected chi connectivity index (χ0v) is 11.2. The van der Waals surface area contributed by atoms with Crippen molar-refractivity contribution in [3.63, 3.8) is 0 Å². The summed E-state index contributed by atoms with van der Waals surface area (Å²) in [7, 11) is 1.54. The monoisotopic (exact) mass is 275 g/mol. The number of hydrogen-bond acceptors (Lipinski definition) is 4. The first kappa shape index (κ1) is 13.9. The zero-order valence-electron chi connectivity index (χ0n) is 11.2. The molecule has 0 spiro atoms. The molecule has 0 aliphatic heterocycles. The number of H-pyrrole nitrogens is 1. The summed E-state index contributed by atoms with van der Waals surface area (Å²) < 4.78 is 4.94. The third-order valence-electron chi connectivity index (χ3n) is 2.63. The van der Waals surface area contributed by atoms with Crippen molar-refractivity contribution in [2.45, 2.75) is 12.8 Å². The van der Waals surface area contributed by atoms with Crippen molar-refractivity contribution in [2.75, 3.05) is 19.0 Å². The van der Waals surface area contributed by atoms with Gasteiger partial charge in [-0.05, 0) is 12.5 Å². The Labute approximate surface area is 116 Å². The number of nitrogens with zero attached hydrogens (tertiary/aromatic N) is 2. The van der Waals surface area contributed by atoms with E-state index in [4.69, 9.17) is 4.74 Å². The summed E-state index contributed by atoms with van der Waals surface area (Å²) >= 11 is 0. The van der Waals surface area contributed by atoms with Crippen molar-refractivity contribution in [1.29, 1.82) is 0 Å². The molecule has 0 bridgehead atoms. The van der Waals surface area contributed by atoms with Gasteiger partial charge in [-0.25, -0.2) is 14.8 Å². The van der Waals surface area contributed by atoms with Crippen molar-refractivity contribution in [1.82, 2.24) is 20.3 Å². The first-order valence-corrected chi connectivity index (χ1v) is 6.31. The maximum Gasteiger partial charge on any atom is 0.319 e. The van der Waals surface area contributed by atoms with E-state index in [9.17, 15) is 4.79 Å². The highest BCUT2D eigenvalue weighted by molar-refractivity contribution is 5.88. The fourth-order valence-electron chi connectivity index (χ4n) is 1.64. The Morgan fingerprint density at radius 1 is 1.40 bits per heavy atom. The Kier molecular flexibility index (Phi) is 4.94. The molecule has 2 amide bonds. The molecule has 0 aromatic carbocycles. The fourth-order valence-corrected chi connectivity index (χ4v) is 1.64. The topological polar surface area (TPSA) is 91.9 Å². The van der Waals surface area contributed by atoms with Gasteiger partial charge in [-0.3, -0.25) is 0 Å². The van der Waals surface area contributed by atoms with Crippen LogP contribution in [0.1, 0.15) is 12.2 Å². The summed E-state index contributed by atoms with van der Waals surface area (Å²) in [5, 5.41) is 5.47. The van der Waals surface area contributed by atoms with Crippen molar-refractivity contribution in [3.05, 3.63) is 36.5 Å². The number of imidazole rings is 1. The zero-order chi connectivity index (χ0) is 14.2. The molecule has 0 radical (unpaired) electrons. The van der Waals surface area contributed by atoms with Crippen LogP contribution in [0.15, 0.2) is 30.7 Å². The van der Waals surface area contributed by atoms with Crippen LogP contribution in [0, 0.1) is 0 Å². The number of ether oxygens (including phenoxy) is 1. The molecule has 2 rings (SSSR count). The predicted octanol–water partition coefficient (Wildman–Crippen LogP) is 1.57. The van der Waals surface area contributed by atoms with Gasteiger partial charge in [0.2, 0.25) is 5.88 Å². The van der Waals surface area contributed by atoms with Crippen LogP contribution in [0.2, 0.25) is 0 Å². The van der Waals surface area contributed by atoms with Gasteiger partial charge < -0.3 is 20.4 Å². The molecule has 0 atom stereocenters. The number of aromatic nitrogens is 3. The second kappa shape index (κ2) is 7.13. The van der Waals surface area contributed by atoms with Crippen LogP contribution in [-0.4, -0.2) is 34.6 Å². The standard InChI is InChI=1S/C13H17N5O2/c1-20-12-5-4-10(9-17-12)18-13(19)16-6-2-3-11-14-7-8-15-11/h4-5,7-9H,2-3,6H2,1H3,(H,14,15)(H2,16,18,19). The maximum atomic E-state index is 11.6. The molecule has 7 nitrogen and oxygen atoms in total. The van der Waals surface area contributed by atoms with Crippen molar-refractivity contribution in [3.8, 4) is 5.88 Å². The number of hydrogen-bond donors (Lipinski definition) is 3. The van der Waals surface area contributed by atoms with Gasteiger partial charge in [0.15, 0.2) is 0 Å². The second-order valence-corrected chi connectivity index (χ2v) is 4.11. The summed E-state index contributed by atoms with van der Waals surface area (Å²) in [5.74, 6) is 1.43. The van der Waals surface area contributed by atoms with Crippen molar-refractivity contribution in [2.24, 2.45) is 0 Å². The van der Waals surface area contributed by atoms with Gasteiger partial charge in [0, 0.05) is 31.4 Å². The van der Waals surface area contributed by atoms with Crippen LogP contribution in [0.25, 0.3) is 0 Å². The number of pyridine rings is 1. The molecule has 2 aromatic heterocycles. The van der Waals surface area contributed by atoms with Crippen LogP contribution in [0.3, 0.4) is 0 Å². The van der Waals surface area contributed by atoms with Crippen LogP contribution in [0.5, 0.6) is 5.88 Å². The van der Waals surface area contributed by atoms with Crippen LogP contribution in [0.4, 0.5) is 10.5 Å². The molecule has 20 heavy (non-hydrogen) atoms. The molecule has 0 unspecified atom stereocenters. The smallest absolute Gasteiger partial charge is 0.319 e. The molecule has 2 aromatic rings. The second-order valence-electron chi connectivity index (χ2n) is 4.11. The molecule has 0 aliphatic carbocycles. The Morgan fingerprint density at radius 3 is 2.95 bits per heavy atom. The molecule has 2 heterocycles. The van der Waals surface area contributed by atoms with Crippen LogP contribution < -0.4 is 15.4 Å². The number of aryl methyl sites for hydroxylation is 1. The van der Waals surface area contributed by atoms with Crippen LogP contribution in [-0.2, 0) is 6.42 Å². The van der Waals surface area contributed by atoms with Gasteiger partial charge in [0.05, 0.1) is 19.0 Å². The normalized spacial score (nSPS) is 10.1. The van der Waals surface area contributed by atoms with Crippen LogP contribution >= 0.6 is 0 Å². The summed E-state index contributed by atoms with van der Waals surface area (Å²) in [6.07, 6.45) is 6.67. The number of aromatic amines is 1. The minimum atomic E-state index is -0.253. The Bertz CT molecular complexity index is 524. The summed E-state index contributed by atoms with van der Waals surface area (Å²) in [6.45, 7) is 0.579. The van der Waals surface area contributed by atoms with Gasteiger partial charge in [0.25, 0.3) is 0 Å². The highest BCUT2D eigenvalue weighted by atomic mass is 16.5. The predicted molar refractivity (Wildman–Crippen MR) is 74.7 cm³/mol. The summed E-state index contributed by atoms with van der Waals surface area (Å²) in [4.78, 5) is 22.8. The third kappa shape index (κ3) is 4.27. The maximum absolute atomic E-state index is 11.6. The van der Waals surface area contributed by atoms with E-state index in [1.165, 1.54) is 0 Å². The molecule has 3 N–H and O–H groups in total. The average Bonchev–Trinajstić information content (AvgIpc) is 2.98. The first-order chi connectivity index (χ1) is 9.78. The SMILES string of the molecule is COc1ccc(NC(=O)NCCCc2ncc[nH]2)cn1. The summed E-state index contributed by atoms with van der Waals surface area (Å²) in [6, 6.07) is 3.16. The number of urea groups is 1. The first-order valence-electron chi connectivity index (χ1n) is 6.31. The number of methoxy groups -OCH3 is 1. The fraction of sp³-hybridized carbons (Fsp3) is 0.308. The van der Waals surface area contributed by atoms with Crippen molar-refractivity contribution < 1.29 is 9.53 Å². The molecule has 106 valence electrons. The van der Waals surface area contributed by atoms with E-state index in [1.807, 2.05) is 0 Å². The molecular weight excluding hydrogens is 258 g/mol. The number of anilines is 1. The van der Waals surface area contributed by atoms with E-state index in [0.717, 1.165) is 18.7 Å². The molecule has 0 saturated carbocycles. The highest BCUT2D eigenvalue weighted by Crippen LogP contribution is 2.10. The lowest BCUT2D eigenvalue weighted by Gasteiger charge is -2.07. The number of carbonyl (C=O) groups excluding carboxylic acids is 1. The van der Waals surface area contributed by atoms with E-state index in [-0.39, 0.29) is 6.03 Å². The molecule has 7 heteroatoms. The van der Waals surface area contributed by atoms with Gasteiger partial charge in [-0.1, -0.05) is 0 Å². The van der Waals surface area contributed by atoms with E-state index in [2.05, 4.69) is 25.6 Å². The van der Waals surface area contributed by atoms with E-state index < -0.39 is 0 Å². The molecule has 0 fully saturated rings. The lowest BCUT2D eigenvalue weighted by Crippen LogP contribution is -2.29. The minimum Gasteiger partial charge on any atom is -0.481 e. The highest BCUT2D eigenvalue weighted by Gasteiger charge is 2.02. The molecule has 0 saturated heterocycles. The van der Waals surface area contributed by atoms with Crippen molar-refractivity contribution >= 4 is 11.7 Å². The minimum absolute atomic E-state index is 0.253. The largest absolute Gasteiger partial charge is 0.481 e. The van der Waals surface area contributed by atoms with Gasteiger partial charge in [-0.15, -0.1) is 0 Å². The summed E-state index contributed by atoms with van der Waals surface area (Å²) in [5.41, 5.74) is 0.620. The number of amides is 2. The Morgan fingerprint density at radius 2 is 2.30 bits per heavy atom. The lowest BCUT2D eigenvalue weighted by molar-refractivity contribution is 0.252. The van der Waals surface area contributed by atoms with Gasteiger partial charge in [0.1, 0.15) is 5.82 Å². The molecule has 0 aliphatic rings. The quantitative estimate of drug-likeness (QED) is 0.698. The third-order valence-corrected chi connectivity index (χ3v) is 2.63. The molecular formula is C13H17N5O2. The Hall–Kier alpha value is -2.57. The number of rotatable bonds is 6. The van der Waals surface area contributed by atoms with E-state index >= 15 is 0 Å². The lowest BCUT2D eigenvalue weighted by atomic mass is 10.3.